The van der Waals surface area contributed by atoms with Crippen LogP contribution in [-0.2, 0) is 19.6 Å². The largest absolute Gasteiger partial charge is 0.457 e. The third-order valence-corrected chi connectivity index (χ3v) is 6.45. The molecular weight excluding hydrogens is 410 g/mol. The van der Waals surface area contributed by atoms with Gasteiger partial charge in [-0.25, -0.2) is 13.2 Å². The van der Waals surface area contributed by atoms with Crippen molar-refractivity contribution in [1.82, 2.24) is 4.31 Å². The van der Waals surface area contributed by atoms with Gasteiger partial charge in [0.05, 0.1) is 16.5 Å². The SMILES string of the molecule is C=CCCN([C@H](C(=C)C(=O)OC(C)(C)C)c1ccccc1)S(=O)(=O)c1ccc(C)cc1. The molecule has 0 heterocycles. The lowest BCUT2D eigenvalue weighted by Gasteiger charge is -2.33. The fraction of sp³-hybridized carbons (Fsp3) is 0.320. The van der Waals surface area contributed by atoms with Crippen molar-refractivity contribution in [2.75, 3.05) is 6.54 Å². The van der Waals surface area contributed by atoms with Gasteiger partial charge in [0.2, 0.25) is 10.0 Å². The smallest absolute Gasteiger partial charge is 0.335 e. The molecular formula is C25H31NO4S. The molecule has 0 saturated carbocycles. The van der Waals surface area contributed by atoms with Gasteiger partial charge in [0.1, 0.15) is 5.60 Å². The Labute approximate surface area is 186 Å². The highest BCUT2D eigenvalue weighted by atomic mass is 32.2. The van der Waals surface area contributed by atoms with Crippen LogP contribution in [0.3, 0.4) is 0 Å². The fourth-order valence-corrected chi connectivity index (χ4v) is 4.71. The summed E-state index contributed by atoms with van der Waals surface area (Å²) in [4.78, 5) is 13.0. The maximum atomic E-state index is 13.7. The lowest BCUT2D eigenvalue weighted by Crippen LogP contribution is -2.39. The van der Waals surface area contributed by atoms with Gasteiger partial charge >= 0.3 is 5.97 Å². The molecule has 1 atom stereocenters. The minimum absolute atomic E-state index is 0.0564. The monoisotopic (exact) mass is 441 g/mol. The van der Waals surface area contributed by atoms with Crippen molar-refractivity contribution < 1.29 is 17.9 Å². The quantitative estimate of drug-likeness (QED) is 0.305. The van der Waals surface area contributed by atoms with Gasteiger partial charge < -0.3 is 4.74 Å². The molecule has 2 aromatic carbocycles. The second-order valence-corrected chi connectivity index (χ2v) is 10.2. The van der Waals surface area contributed by atoms with Crippen molar-refractivity contribution in [2.45, 2.75) is 50.7 Å². The normalized spacial score (nSPS) is 12.9. The number of sulfonamides is 1. The van der Waals surface area contributed by atoms with Crippen LogP contribution in [0.2, 0.25) is 0 Å². The first kappa shape index (κ1) is 24.6. The Hall–Kier alpha value is -2.70. The van der Waals surface area contributed by atoms with E-state index >= 15 is 0 Å². The molecule has 2 rings (SSSR count). The first-order valence-corrected chi connectivity index (χ1v) is 11.6. The molecule has 0 N–H and O–H groups in total. The number of rotatable bonds is 9. The number of benzene rings is 2. The summed E-state index contributed by atoms with van der Waals surface area (Å²) < 4.78 is 34.2. The Morgan fingerprint density at radius 3 is 2.19 bits per heavy atom. The first-order valence-electron chi connectivity index (χ1n) is 10.1. The molecule has 0 spiro atoms. The average Bonchev–Trinajstić information content (AvgIpc) is 2.70. The summed E-state index contributed by atoms with van der Waals surface area (Å²) in [5.74, 6) is -0.635. The van der Waals surface area contributed by atoms with Crippen LogP contribution >= 0.6 is 0 Å². The number of carbonyl (C=O) groups is 1. The van der Waals surface area contributed by atoms with Gasteiger partial charge in [-0.15, -0.1) is 6.58 Å². The summed E-state index contributed by atoms with van der Waals surface area (Å²) in [5.41, 5.74) is 0.914. The van der Waals surface area contributed by atoms with Gasteiger partial charge in [-0.1, -0.05) is 60.7 Å². The van der Waals surface area contributed by atoms with E-state index in [1.165, 1.54) is 4.31 Å². The zero-order valence-electron chi connectivity index (χ0n) is 18.7. The molecule has 0 fully saturated rings. The molecule has 0 saturated heterocycles. The van der Waals surface area contributed by atoms with Gasteiger partial charge in [0, 0.05) is 6.54 Å². The van der Waals surface area contributed by atoms with Crippen molar-refractivity contribution in [2.24, 2.45) is 0 Å². The van der Waals surface area contributed by atoms with Crippen LogP contribution in [0.5, 0.6) is 0 Å². The van der Waals surface area contributed by atoms with Crippen molar-refractivity contribution in [3.63, 3.8) is 0 Å². The van der Waals surface area contributed by atoms with Crippen LogP contribution in [-0.4, -0.2) is 30.8 Å². The van der Waals surface area contributed by atoms with Gasteiger partial charge in [0.25, 0.3) is 0 Å². The summed E-state index contributed by atoms with van der Waals surface area (Å²) >= 11 is 0. The van der Waals surface area contributed by atoms with E-state index in [4.69, 9.17) is 4.74 Å². The molecule has 0 bridgehead atoms. The van der Waals surface area contributed by atoms with Crippen LogP contribution in [0.25, 0.3) is 0 Å². The van der Waals surface area contributed by atoms with Crippen LogP contribution in [0, 0.1) is 6.92 Å². The molecule has 0 aromatic heterocycles. The van der Waals surface area contributed by atoms with E-state index in [0.29, 0.717) is 12.0 Å². The number of nitrogens with zero attached hydrogens (tertiary/aromatic N) is 1. The molecule has 0 aliphatic rings. The minimum Gasteiger partial charge on any atom is -0.457 e. The summed E-state index contributed by atoms with van der Waals surface area (Å²) in [7, 11) is -3.94. The summed E-state index contributed by atoms with van der Waals surface area (Å²) in [6.07, 6.45) is 2.06. The summed E-state index contributed by atoms with van der Waals surface area (Å²) in [6, 6.07) is 14.7. The van der Waals surface area contributed by atoms with Crippen LogP contribution in [0.15, 0.2) is 84.3 Å². The first-order chi connectivity index (χ1) is 14.5. The van der Waals surface area contributed by atoms with E-state index < -0.39 is 27.6 Å². The third kappa shape index (κ3) is 6.39. The van der Waals surface area contributed by atoms with E-state index in [1.807, 2.05) is 13.0 Å². The molecule has 2 aromatic rings. The highest BCUT2D eigenvalue weighted by Crippen LogP contribution is 2.34. The van der Waals surface area contributed by atoms with Gasteiger partial charge in [-0.05, 0) is 51.8 Å². The van der Waals surface area contributed by atoms with Crippen molar-refractivity contribution in [1.29, 1.82) is 0 Å². The highest BCUT2D eigenvalue weighted by molar-refractivity contribution is 7.89. The van der Waals surface area contributed by atoms with Crippen LogP contribution in [0.4, 0.5) is 0 Å². The number of esters is 1. The number of hydrogen-bond donors (Lipinski definition) is 0. The molecule has 31 heavy (non-hydrogen) atoms. The number of ether oxygens (including phenoxy) is 1. The third-order valence-electron chi connectivity index (χ3n) is 4.58. The number of aryl methyl sites for hydroxylation is 1. The summed E-state index contributed by atoms with van der Waals surface area (Å²) in [6.45, 7) is 15.0. The molecule has 0 amide bonds. The topological polar surface area (TPSA) is 63.7 Å². The lowest BCUT2D eigenvalue weighted by molar-refractivity contribution is -0.150. The second kappa shape index (κ2) is 10.1. The Balaban J connectivity index is 2.61. The zero-order valence-corrected chi connectivity index (χ0v) is 19.5. The number of carbonyl (C=O) groups excluding carboxylic acids is 1. The summed E-state index contributed by atoms with van der Waals surface area (Å²) in [5, 5.41) is 0. The van der Waals surface area contributed by atoms with Crippen molar-refractivity contribution >= 4 is 16.0 Å². The zero-order chi connectivity index (χ0) is 23.2. The lowest BCUT2D eigenvalue weighted by atomic mass is 9.99. The van der Waals surface area contributed by atoms with E-state index in [0.717, 1.165) is 5.56 Å². The predicted octanol–water partition coefficient (Wildman–Crippen LogP) is 5.20. The molecule has 0 aliphatic carbocycles. The van der Waals surface area contributed by atoms with Crippen molar-refractivity contribution in [3.05, 3.63) is 90.5 Å². The number of hydrogen-bond acceptors (Lipinski definition) is 4. The van der Waals surface area contributed by atoms with Gasteiger partial charge in [-0.2, -0.15) is 4.31 Å². The maximum absolute atomic E-state index is 13.7. The van der Waals surface area contributed by atoms with Crippen molar-refractivity contribution in [3.8, 4) is 0 Å². The van der Waals surface area contributed by atoms with E-state index in [-0.39, 0.29) is 17.0 Å². The van der Waals surface area contributed by atoms with E-state index in [1.54, 1.807) is 75.4 Å². The Morgan fingerprint density at radius 2 is 1.68 bits per heavy atom. The fourth-order valence-electron chi connectivity index (χ4n) is 3.08. The van der Waals surface area contributed by atoms with Gasteiger partial charge in [0.15, 0.2) is 0 Å². The Morgan fingerprint density at radius 1 is 1.10 bits per heavy atom. The maximum Gasteiger partial charge on any atom is 0.335 e. The molecule has 5 nitrogen and oxygen atoms in total. The van der Waals surface area contributed by atoms with Crippen LogP contribution in [0.1, 0.15) is 44.4 Å². The highest BCUT2D eigenvalue weighted by Gasteiger charge is 2.37. The van der Waals surface area contributed by atoms with E-state index in [9.17, 15) is 13.2 Å². The van der Waals surface area contributed by atoms with Gasteiger partial charge in [-0.3, -0.25) is 0 Å². The molecule has 6 heteroatoms. The standard InChI is InChI=1S/C25H31NO4S/c1-7-8-18-26(31(28,29)22-16-14-19(2)15-17-22)23(21-12-10-9-11-13-21)20(3)24(27)30-25(4,5)6/h7,9-17,23H,1,3,8,18H2,2,4-6H3/t23-/m1/s1. The minimum atomic E-state index is -3.94. The predicted molar refractivity (Wildman–Crippen MR) is 124 cm³/mol. The van der Waals surface area contributed by atoms with Crippen LogP contribution < -0.4 is 0 Å². The Kier molecular flexibility index (Phi) is 7.98. The second-order valence-electron chi connectivity index (χ2n) is 8.35. The molecule has 166 valence electrons. The molecule has 0 unspecified atom stereocenters. The van der Waals surface area contributed by atoms with E-state index in [2.05, 4.69) is 13.2 Å². The molecule has 0 radical (unpaired) electrons. The average molecular weight is 442 g/mol. The Bertz CT molecular complexity index is 1020. The molecule has 0 aliphatic heterocycles.